The highest BCUT2D eigenvalue weighted by Gasteiger charge is 2.30. The zero-order valence-electron chi connectivity index (χ0n) is 19.8. The Bertz CT molecular complexity index is 996. The summed E-state index contributed by atoms with van der Waals surface area (Å²) in [5, 5.41) is 3.02. The summed E-state index contributed by atoms with van der Waals surface area (Å²) >= 11 is 1.21. The summed E-state index contributed by atoms with van der Waals surface area (Å²) in [7, 11) is 0. The first-order valence-corrected chi connectivity index (χ1v) is 13.1. The molecule has 36 heavy (non-hydrogen) atoms. The quantitative estimate of drug-likeness (QED) is 0.438. The molecule has 2 aromatic rings. The van der Waals surface area contributed by atoms with E-state index in [1.54, 1.807) is 6.07 Å². The van der Waals surface area contributed by atoms with Crippen molar-refractivity contribution >= 4 is 17.2 Å². The number of hydrogen-bond donors (Lipinski definition) is 1. The van der Waals surface area contributed by atoms with Gasteiger partial charge in [0.1, 0.15) is 0 Å². The molecule has 0 radical (unpaired) electrons. The number of fused-ring (bicyclic) bond motifs is 1. The number of carbonyl (C=O) groups is 1. The fourth-order valence-corrected chi connectivity index (χ4v) is 5.88. The van der Waals surface area contributed by atoms with E-state index in [0.717, 1.165) is 68.7 Å². The normalized spacial score (nSPS) is 21.2. The van der Waals surface area contributed by atoms with Crippen molar-refractivity contribution in [1.29, 1.82) is 0 Å². The van der Waals surface area contributed by atoms with Crippen molar-refractivity contribution in [1.82, 2.24) is 15.2 Å². The number of halogens is 5. The lowest BCUT2D eigenvalue weighted by Gasteiger charge is -2.31. The number of carbonyl (C=O) groups excluding carboxylic acids is 1. The molecule has 0 bridgehead atoms. The summed E-state index contributed by atoms with van der Waals surface area (Å²) < 4.78 is 68.3. The number of benzene rings is 1. The molecule has 1 N–H and O–H groups in total. The van der Waals surface area contributed by atoms with Crippen LogP contribution in [0.3, 0.4) is 0 Å². The first-order valence-electron chi connectivity index (χ1n) is 12.3. The molecule has 1 amide bonds. The maximum atomic E-state index is 13.2. The standard InChI is InChI=1S/C25H30F5N3O2S/c26-22(27)18-3-1-2-4-19(18)23(34)31-17-7-5-16(6-8-17)9-12-33-13-10-20-21(11-14-33)36-24(32-20)35-15-25(28,29)30/h1-4,16-17,22H,5-15H2,(H,31,34)/t16-,17-. The molecular weight excluding hydrogens is 501 g/mol. The molecule has 1 fully saturated rings. The SMILES string of the molecule is O=C(N[C@H]1CC[C@H](CCN2CCc3nc(OCC(F)(F)F)sc3CC2)CC1)c1ccccc1C(F)F. The van der Waals surface area contributed by atoms with E-state index in [0.29, 0.717) is 12.3 Å². The van der Waals surface area contributed by atoms with E-state index in [9.17, 15) is 26.7 Å². The molecule has 5 nitrogen and oxygen atoms in total. The molecule has 0 saturated heterocycles. The van der Waals surface area contributed by atoms with E-state index in [4.69, 9.17) is 4.74 Å². The number of alkyl halides is 5. The van der Waals surface area contributed by atoms with Crippen LogP contribution in [0.2, 0.25) is 0 Å². The van der Waals surface area contributed by atoms with E-state index < -0.39 is 25.1 Å². The summed E-state index contributed by atoms with van der Waals surface area (Å²) in [6.45, 7) is 1.27. The Hall–Kier alpha value is -2.27. The first kappa shape index (κ1) is 26.8. The fourth-order valence-electron chi connectivity index (χ4n) is 4.93. The molecule has 0 atom stereocenters. The van der Waals surface area contributed by atoms with Crippen molar-refractivity contribution < 1.29 is 31.5 Å². The molecule has 1 saturated carbocycles. The Balaban J connectivity index is 1.17. The van der Waals surface area contributed by atoms with Crippen LogP contribution in [0.15, 0.2) is 24.3 Å². The molecule has 1 aromatic carbocycles. The summed E-state index contributed by atoms with van der Waals surface area (Å²) in [4.78, 5) is 20.2. The number of ether oxygens (including phenoxy) is 1. The Kier molecular flexibility index (Phi) is 8.82. The molecule has 2 aliphatic rings. The average molecular weight is 532 g/mol. The maximum absolute atomic E-state index is 13.2. The second-order valence-corrected chi connectivity index (χ2v) is 10.5. The predicted octanol–water partition coefficient (Wildman–Crippen LogP) is 5.80. The molecule has 0 spiro atoms. The van der Waals surface area contributed by atoms with Crippen molar-refractivity contribution in [2.75, 3.05) is 26.2 Å². The summed E-state index contributed by atoms with van der Waals surface area (Å²) in [5.74, 6) is 0.108. The Morgan fingerprint density at radius 1 is 1.14 bits per heavy atom. The van der Waals surface area contributed by atoms with Gasteiger partial charge < -0.3 is 15.0 Å². The van der Waals surface area contributed by atoms with Gasteiger partial charge in [0, 0.05) is 41.6 Å². The molecule has 198 valence electrons. The van der Waals surface area contributed by atoms with Gasteiger partial charge in [-0.05, 0) is 57.1 Å². The minimum absolute atomic E-state index is 0.00603. The summed E-state index contributed by atoms with van der Waals surface area (Å²) in [6.07, 6.45) is -0.965. The van der Waals surface area contributed by atoms with E-state index in [-0.39, 0.29) is 22.4 Å². The van der Waals surface area contributed by atoms with Gasteiger partial charge in [-0.2, -0.15) is 13.2 Å². The van der Waals surface area contributed by atoms with Gasteiger partial charge in [0.05, 0.1) is 5.69 Å². The molecule has 0 unspecified atom stereocenters. The highest BCUT2D eigenvalue weighted by molar-refractivity contribution is 7.13. The summed E-state index contributed by atoms with van der Waals surface area (Å²) in [5.41, 5.74) is 0.637. The highest BCUT2D eigenvalue weighted by Crippen LogP contribution is 2.31. The topological polar surface area (TPSA) is 54.5 Å². The number of rotatable bonds is 8. The van der Waals surface area contributed by atoms with Gasteiger partial charge in [-0.3, -0.25) is 4.79 Å². The van der Waals surface area contributed by atoms with Crippen LogP contribution < -0.4 is 10.1 Å². The monoisotopic (exact) mass is 531 g/mol. The van der Waals surface area contributed by atoms with Crippen molar-refractivity contribution in [3.05, 3.63) is 46.0 Å². The second kappa shape index (κ2) is 11.9. The van der Waals surface area contributed by atoms with Gasteiger partial charge in [-0.25, -0.2) is 13.8 Å². The molecule has 1 aliphatic carbocycles. The molecule has 1 aromatic heterocycles. The number of nitrogens with one attached hydrogen (secondary N) is 1. The molecule has 4 rings (SSSR count). The number of thiazole rings is 1. The third kappa shape index (κ3) is 7.38. The zero-order valence-corrected chi connectivity index (χ0v) is 20.6. The number of amides is 1. The Morgan fingerprint density at radius 3 is 2.58 bits per heavy atom. The van der Waals surface area contributed by atoms with Crippen LogP contribution in [-0.4, -0.2) is 54.3 Å². The fraction of sp³-hybridized carbons (Fsp3) is 0.600. The second-order valence-electron chi connectivity index (χ2n) is 9.46. The zero-order chi connectivity index (χ0) is 25.7. The van der Waals surface area contributed by atoms with E-state index in [1.807, 2.05) is 0 Å². The van der Waals surface area contributed by atoms with Gasteiger partial charge in [0.2, 0.25) is 0 Å². The van der Waals surface area contributed by atoms with E-state index in [2.05, 4.69) is 15.2 Å². The minimum atomic E-state index is -4.37. The van der Waals surface area contributed by atoms with Gasteiger partial charge in [-0.1, -0.05) is 29.5 Å². The lowest BCUT2D eigenvalue weighted by Crippen LogP contribution is -2.38. The lowest BCUT2D eigenvalue weighted by molar-refractivity contribution is -0.153. The maximum Gasteiger partial charge on any atom is 0.422 e. The highest BCUT2D eigenvalue weighted by atomic mass is 32.1. The van der Waals surface area contributed by atoms with Crippen LogP contribution in [0.25, 0.3) is 0 Å². The van der Waals surface area contributed by atoms with Gasteiger partial charge in [0.15, 0.2) is 6.61 Å². The largest absolute Gasteiger partial charge is 0.460 e. The van der Waals surface area contributed by atoms with Crippen molar-refractivity contribution in [2.24, 2.45) is 5.92 Å². The molecule has 11 heteroatoms. The minimum Gasteiger partial charge on any atom is -0.460 e. The molecule has 2 heterocycles. The van der Waals surface area contributed by atoms with Gasteiger partial charge >= 0.3 is 6.18 Å². The first-order chi connectivity index (χ1) is 17.2. The van der Waals surface area contributed by atoms with Crippen LogP contribution in [-0.2, 0) is 12.8 Å². The number of nitrogens with zero attached hydrogens (tertiary/aromatic N) is 2. The smallest absolute Gasteiger partial charge is 0.422 e. The Morgan fingerprint density at radius 2 is 1.86 bits per heavy atom. The molecule has 1 aliphatic heterocycles. The number of aromatic nitrogens is 1. The van der Waals surface area contributed by atoms with Crippen LogP contribution in [0.5, 0.6) is 5.19 Å². The summed E-state index contributed by atoms with van der Waals surface area (Å²) in [6, 6.07) is 5.82. The van der Waals surface area contributed by atoms with Crippen molar-refractivity contribution in [3.63, 3.8) is 0 Å². The molecular formula is C25H30F5N3O2S. The van der Waals surface area contributed by atoms with E-state index in [1.165, 1.54) is 29.5 Å². The van der Waals surface area contributed by atoms with Crippen LogP contribution >= 0.6 is 11.3 Å². The predicted molar refractivity (Wildman–Crippen MR) is 127 cm³/mol. The van der Waals surface area contributed by atoms with E-state index >= 15 is 0 Å². The van der Waals surface area contributed by atoms with Gasteiger partial charge in [0.25, 0.3) is 17.5 Å². The third-order valence-electron chi connectivity index (χ3n) is 6.91. The lowest BCUT2D eigenvalue weighted by atomic mass is 9.84. The number of hydrogen-bond acceptors (Lipinski definition) is 5. The third-order valence-corrected chi connectivity index (χ3v) is 7.98. The Labute approximate surface area is 211 Å². The van der Waals surface area contributed by atoms with Crippen LogP contribution in [0.1, 0.15) is 65.0 Å². The van der Waals surface area contributed by atoms with Crippen LogP contribution in [0.4, 0.5) is 22.0 Å². The van der Waals surface area contributed by atoms with Crippen molar-refractivity contribution in [2.45, 2.75) is 63.6 Å². The van der Waals surface area contributed by atoms with Crippen molar-refractivity contribution in [3.8, 4) is 5.19 Å². The van der Waals surface area contributed by atoms with Crippen LogP contribution in [0, 0.1) is 5.92 Å². The van der Waals surface area contributed by atoms with Gasteiger partial charge in [-0.15, -0.1) is 0 Å². The average Bonchev–Trinajstić information content (AvgIpc) is 3.15.